The maximum absolute atomic E-state index is 14.0. The van der Waals surface area contributed by atoms with Gasteiger partial charge >= 0.3 is 5.69 Å². The number of benzene rings is 1. The van der Waals surface area contributed by atoms with E-state index >= 15 is 0 Å². The number of nitrogens with two attached hydrogens (primary N) is 1. The first-order valence-corrected chi connectivity index (χ1v) is 5.68. The maximum Gasteiger partial charge on any atom is 0.354 e. The molecule has 20 heavy (non-hydrogen) atoms. The lowest BCUT2D eigenvalue weighted by Gasteiger charge is -2.11. The Hall–Kier alpha value is -2.88. The summed E-state index contributed by atoms with van der Waals surface area (Å²) in [6.45, 7) is 3.08. The molecule has 0 aliphatic rings. The van der Waals surface area contributed by atoms with E-state index < -0.39 is 17.1 Å². The molecular weight excluding hydrogens is 263 g/mol. The fourth-order valence-electron chi connectivity index (χ4n) is 1.85. The Kier molecular flexibility index (Phi) is 3.16. The highest BCUT2D eigenvalue weighted by atomic mass is 19.1. The average molecular weight is 274 g/mol. The van der Waals surface area contributed by atoms with Crippen LogP contribution in [-0.4, -0.2) is 9.24 Å². The van der Waals surface area contributed by atoms with Gasteiger partial charge in [-0.05, 0) is 31.5 Å². The first-order valence-electron chi connectivity index (χ1n) is 5.68. The first-order chi connectivity index (χ1) is 9.36. The summed E-state index contributed by atoms with van der Waals surface area (Å²) in [6, 6.07) is 5.22. The van der Waals surface area contributed by atoms with Gasteiger partial charge in [-0.2, -0.15) is 5.26 Å². The van der Waals surface area contributed by atoms with Crippen LogP contribution in [0.3, 0.4) is 0 Å². The van der Waals surface area contributed by atoms with Crippen LogP contribution in [0.15, 0.2) is 27.8 Å². The van der Waals surface area contributed by atoms with Gasteiger partial charge in [0.25, 0.3) is 5.56 Å². The molecule has 6 nitrogen and oxygen atoms in total. The topological polar surface area (TPSA) is 93.8 Å². The van der Waals surface area contributed by atoms with E-state index in [4.69, 9.17) is 11.1 Å². The van der Waals surface area contributed by atoms with Crippen molar-refractivity contribution in [1.82, 2.24) is 9.24 Å². The van der Waals surface area contributed by atoms with Gasteiger partial charge < -0.3 is 5.84 Å². The smallest absolute Gasteiger partial charge is 0.335 e. The van der Waals surface area contributed by atoms with E-state index in [1.165, 1.54) is 13.0 Å². The number of halogens is 1. The van der Waals surface area contributed by atoms with Crippen molar-refractivity contribution in [3.8, 4) is 11.8 Å². The molecule has 2 rings (SSSR count). The number of hydrogen-bond donors (Lipinski definition) is 1. The van der Waals surface area contributed by atoms with Crippen LogP contribution in [0.25, 0.3) is 5.69 Å². The average Bonchev–Trinajstić information content (AvgIpc) is 2.39. The molecule has 0 atom stereocenters. The number of nitrogens with zero attached hydrogens (tertiary/aromatic N) is 3. The lowest BCUT2D eigenvalue weighted by Crippen LogP contribution is -2.43. The van der Waals surface area contributed by atoms with Crippen molar-refractivity contribution in [3.63, 3.8) is 0 Å². The summed E-state index contributed by atoms with van der Waals surface area (Å²) in [7, 11) is 0. The van der Waals surface area contributed by atoms with Gasteiger partial charge in [0.1, 0.15) is 5.82 Å². The third kappa shape index (κ3) is 1.97. The normalized spacial score (nSPS) is 10.3. The van der Waals surface area contributed by atoms with Gasteiger partial charge in [-0.25, -0.2) is 18.4 Å². The van der Waals surface area contributed by atoms with Gasteiger partial charge in [0.15, 0.2) is 0 Å². The highest BCUT2D eigenvalue weighted by Crippen LogP contribution is 2.16. The molecule has 0 radical (unpaired) electrons. The third-order valence-corrected chi connectivity index (χ3v) is 2.99. The van der Waals surface area contributed by atoms with E-state index in [0.717, 1.165) is 16.8 Å². The molecule has 1 heterocycles. The van der Waals surface area contributed by atoms with Crippen LogP contribution in [0.4, 0.5) is 4.39 Å². The van der Waals surface area contributed by atoms with Crippen LogP contribution in [0.2, 0.25) is 0 Å². The zero-order valence-electron chi connectivity index (χ0n) is 10.8. The Morgan fingerprint density at radius 1 is 1.25 bits per heavy atom. The Balaban J connectivity index is 2.87. The van der Waals surface area contributed by atoms with Crippen LogP contribution < -0.4 is 17.1 Å². The molecule has 2 N–H and O–H groups in total. The lowest BCUT2D eigenvalue weighted by molar-refractivity contribution is 0.606. The van der Waals surface area contributed by atoms with E-state index in [9.17, 15) is 14.0 Å². The Bertz CT molecular complexity index is 858. The van der Waals surface area contributed by atoms with Gasteiger partial charge in [0, 0.05) is 11.8 Å². The van der Waals surface area contributed by atoms with Gasteiger partial charge in [-0.3, -0.25) is 4.79 Å². The minimum absolute atomic E-state index is 0.138. The predicted molar refractivity (Wildman–Crippen MR) is 70.6 cm³/mol. The molecule has 2 aromatic rings. The van der Waals surface area contributed by atoms with Crippen molar-refractivity contribution in [2.45, 2.75) is 13.8 Å². The number of aromatic nitrogens is 2. The van der Waals surface area contributed by atoms with Crippen molar-refractivity contribution in [3.05, 3.63) is 61.7 Å². The Labute approximate surface area is 113 Å². The van der Waals surface area contributed by atoms with Crippen LogP contribution in [-0.2, 0) is 0 Å². The molecule has 0 saturated heterocycles. The fourth-order valence-corrected chi connectivity index (χ4v) is 1.85. The summed E-state index contributed by atoms with van der Waals surface area (Å²) in [6.07, 6.45) is 0. The largest absolute Gasteiger partial charge is 0.354 e. The van der Waals surface area contributed by atoms with Crippen LogP contribution in [0.1, 0.15) is 16.8 Å². The summed E-state index contributed by atoms with van der Waals surface area (Å²) in [4.78, 5) is 23.9. The number of aryl methyl sites for hydroxylation is 2. The van der Waals surface area contributed by atoms with E-state index in [0.29, 0.717) is 10.1 Å². The zero-order valence-corrected chi connectivity index (χ0v) is 10.8. The SMILES string of the molecule is Cc1cc(-n2c(=O)cc(C)n(N)c2=O)c(F)cc1C#N. The summed E-state index contributed by atoms with van der Waals surface area (Å²) in [5.41, 5.74) is -0.897. The lowest BCUT2D eigenvalue weighted by atomic mass is 10.1. The summed E-state index contributed by atoms with van der Waals surface area (Å²) >= 11 is 0. The van der Waals surface area contributed by atoms with Crippen molar-refractivity contribution >= 4 is 0 Å². The van der Waals surface area contributed by atoms with E-state index in [1.807, 2.05) is 6.07 Å². The quantitative estimate of drug-likeness (QED) is 0.759. The predicted octanol–water partition coefficient (Wildman–Crippen LogP) is 0.341. The van der Waals surface area contributed by atoms with Crippen LogP contribution >= 0.6 is 0 Å². The standard InChI is InChI=1S/C13H11FN4O2/c1-7-3-11(10(14)5-9(7)6-15)17-12(19)4-8(2)18(16)13(17)20/h3-5H,16H2,1-2H3. The molecule has 0 spiro atoms. The second-order valence-corrected chi connectivity index (χ2v) is 4.34. The molecule has 102 valence electrons. The molecule has 0 bridgehead atoms. The van der Waals surface area contributed by atoms with Gasteiger partial charge in [-0.1, -0.05) is 0 Å². The second kappa shape index (κ2) is 4.66. The summed E-state index contributed by atoms with van der Waals surface area (Å²) in [5, 5.41) is 8.82. The molecule has 1 aromatic carbocycles. The number of rotatable bonds is 1. The maximum atomic E-state index is 14.0. The monoisotopic (exact) mass is 274 g/mol. The molecule has 0 fully saturated rings. The van der Waals surface area contributed by atoms with Gasteiger partial charge in [0.2, 0.25) is 0 Å². The van der Waals surface area contributed by atoms with Crippen LogP contribution in [0.5, 0.6) is 0 Å². The van der Waals surface area contributed by atoms with E-state index in [1.54, 1.807) is 6.92 Å². The van der Waals surface area contributed by atoms with Crippen LogP contribution in [0, 0.1) is 31.0 Å². The molecule has 1 aromatic heterocycles. The molecule has 0 aliphatic carbocycles. The third-order valence-electron chi connectivity index (χ3n) is 2.99. The van der Waals surface area contributed by atoms with Gasteiger partial charge in [0.05, 0.1) is 17.3 Å². The van der Waals surface area contributed by atoms with E-state index in [2.05, 4.69) is 0 Å². The molecule has 0 saturated carbocycles. The minimum Gasteiger partial charge on any atom is -0.335 e. The Morgan fingerprint density at radius 3 is 2.50 bits per heavy atom. The summed E-state index contributed by atoms with van der Waals surface area (Å²) < 4.78 is 15.4. The van der Waals surface area contributed by atoms with Crippen molar-refractivity contribution in [1.29, 1.82) is 5.26 Å². The molecule has 0 unspecified atom stereocenters. The summed E-state index contributed by atoms with van der Waals surface area (Å²) in [5.74, 6) is 4.66. The minimum atomic E-state index is -0.849. The van der Waals surface area contributed by atoms with Crippen molar-refractivity contribution in [2.24, 2.45) is 0 Å². The number of nitriles is 1. The highest BCUT2D eigenvalue weighted by molar-refractivity contribution is 5.46. The molecule has 0 aliphatic heterocycles. The number of hydrogen-bond acceptors (Lipinski definition) is 4. The second-order valence-electron chi connectivity index (χ2n) is 4.34. The molecule has 0 amide bonds. The Morgan fingerprint density at radius 2 is 1.90 bits per heavy atom. The van der Waals surface area contributed by atoms with Crippen molar-refractivity contribution < 1.29 is 4.39 Å². The zero-order chi connectivity index (χ0) is 15.0. The molecule has 7 heteroatoms. The molecular formula is C13H11FN4O2. The van der Waals surface area contributed by atoms with E-state index in [-0.39, 0.29) is 16.9 Å². The fraction of sp³-hybridized carbons (Fsp3) is 0.154. The van der Waals surface area contributed by atoms with Gasteiger partial charge in [-0.15, -0.1) is 0 Å². The number of nitrogen functional groups attached to an aromatic ring is 1. The first kappa shape index (κ1) is 13.5. The highest BCUT2D eigenvalue weighted by Gasteiger charge is 2.15. The van der Waals surface area contributed by atoms with Crippen molar-refractivity contribution in [2.75, 3.05) is 5.84 Å².